The molecule has 0 unspecified atom stereocenters. The maximum atomic E-state index is 13.1. The zero-order valence-electron chi connectivity index (χ0n) is 34.0. The van der Waals surface area contributed by atoms with Gasteiger partial charge in [0.25, 0.3) is 0 Å². The van der Waals surface area contributed by atoms with Crippen molar-refractivity contribution in [1.82, 2.24) is 5.32 Å². The largest absolute Gasteiger partial charge is 0.488 e. The molecule has 218 valence electrons. The van der Waals surface area contributed by atoms with Gasteiger partial charge in [0.2, 0.25) is 0 Å². The van der Waals surface area contributed by atoms with E-state index in [0.29, 0.717) is 16.7 Å². The summed E-state index contributed by atoms with van der Waals surface area (Å²) in [7, 11) is 0. The molecule has 0 aliphatic carbocycles. The van der Waals surface area contributed by atoms with Crippen LogP contribution in [0, 0.1) is 11.3 Å². The molecule has 0 radical (unpaired) electrons. The summed E-state index contributed by atoms with van der Waals surface area (Å²) >= 11 is 0. The average Bonchev–Trinajstić information content (AvgIpc) is 3.48. The van der Waals surface area contributed by atoms with Crippen molar-refractivity contribution in [1.29, 1.82) is 5.26 Å². The fraction of sp³-hybridized carbons (Fsp3) is 0.406. The number of halogens is 3. The van der Waals surface area contributed by atoms with Gasteiger partial charge in [0, 0.05) is 40.4 Å². The minimum atomic E-state index is -5.45. The van der Waals surface area contributed by atoms with Crippen LogP contribution >= 0.6 is 0 Å². The highest BCUT2D eigenvalue weighted by Gasteiger charge is 2.29. The van der Waals surface area contributed by atoms with Gasteiger partial charge in [0.1, 0.15) is 12.6 Å². The predicted molar refractivity (Wildman–Crippen MR) is 152 cm³/mol. The Morgan fingerprint density at radius 1 is 1.02 bits per heavy atom. The first-order valence-corrected chi connectivity index (χ1v) is 12.6. The molecular formula is C32H36F3N3O3. The van der Waals surface area contributed by atoms with Crippen molar-refractivity contribution >= 4 is 5.69 Å². The van der Waals surface area contributed by atoms with Crippen LogP contribution in [0.25, 0.3) is 0 Å². The molecule has 0 saturated heterocycles. The van der Waals surface area contributed by atoms with E-state index in [1.807, 2.05) is 6.07 Å². The Bertz CT molecular complexity index is 1810. The minimum Gasteiger partial charge on any atom is -0.488 e. The number of hydrogen-bond acceptors (Lipinski definition) is 6. The number of ether oxygens (including phenoxy) is 3. The van der Waals surface area contributed by atoms with Gasteiger partial charge in [-0.1, -0.05) is 48.5 Å². The van der Waals surface area contributed by atoms with E-state index in [1.54, 1.807) is 36.4 Å². The Morgan fingerprint density at radius 3 is 2.49 bits per heavy atom. The van der Waals surface area contributed by atoms with Gasteiger partial charge in [-0.3, -0.25) is 0 Å². The molecule has 0 bridgehead atoms. The molecule has 9 heteroatoms. The highest BCUT2D eigenvalue weighted by molar-refractivity contribution is 5.68. The van der Waals surface area contributed by atoms with Crippen LogP contribution < -0.4 is 19.7 Å². The Balaban J connectivity index is 1.50. The van der Waals surface area contributed by atoms with Gasteiger partial charge in [-0.15, -0.1) is 0 Å². The number of nitrogens with zero attached hydrogens (tertiary/aromatic N) is 2. The number of fused-ring (bicyclic) bond motifs is 1. The Hall–Kier alpha value is -3.74. The van der Waals surface area contributed by atoms with Crippen LogP contribution in [0.1, 0.15) is 52.0 Å². The number of para-hydroxylation sites is 2. The molecular weight excluding hydrogens is 531 g/mol. The normalized spacial score (nSPS) is 19.9. The third-order valence-corrected chi connectivity index (χ3v) is 5.84. The van der Waals surface area contributed by atoms with E-state index in [9.17, 15) is 18.4 Å². The molecule has 0 spiro atoms. The summed E-state index contributed by atoms with van der Waals surface area (Å²) in [4.78, 5) is 0.988. The van der Waals surface area contributed by atoms with E-state index in [2.05, 4.69) is 10.1 Å². The highest BCUT2D eigenvalue weighted by atomic mass is 19.4. The van der Waals surface area contributed by atoms with Crippen LogP contribution in [0.5, 0.6) is 11.5 Å². The second kappa shape index (κ2) is 14.8. The van der Waals surface area contributed by atoms with E-state index >= 15 is 0 Å². The van der Waals surface area contributed by atoms with E-state index in [4.69, 9.17) is 25.9 Å². The maximum Gasteiger partial charge on any atom is 0.422 e. The fourth-order valence-corrected chi connectivity index (χ4v) is 4.12. The molecule has 4 rings (SSSR count). The van der Waals surface area contributed by atoms with Crippen molar-refractivity contribution in [2.75, 3.05) is 44.1 Å². The summed E-state index contributed by atoms with van der Waals surface area (Å²) < 4.78 is 153. The van der Waals surface area contributed by atoms with Crippen molar-refractivity contribution in [2.45, 2.75) is 45.0 Å². The number of alkyl halides is 3. The van der Waals surface area contributed by atoms with Gasteiger partial charge in [-0.25, -0.2) is 0 Å². The van der Waals surface area contributed by atoms with E-state index < -0.39 is 62.8 Å². The van der Waals surface area contributed by atoms with Crippen LogP contribution in [-0.2, 0) is 24.2 Å². The number of rotatable bonds is 15. The first-order chi connectivity index (χ1) is 24.3. The summed E-state index contributed by atoms with van der Waals surface area (Å²) in [5, 5.41) is 12.5. The smallest absolute Gasteiger partial charge is 0.422 e. The van der Waals surface area contributed by atoms with Crippen LogP contribution in [0.2, 0.25) is 0 Å². The van der Waals surface area contributed by atoms with Crippen molar-refractivity contribution in [3.8, 4) is 17.6 Å². The number of nitrogens with one attached hydrogen (secondary N) is 1. The molecule has 0 fully saturated rings. The van der Waals surface area contributed by atoms with Gasteiger partial charge < -0.3 is 24.4 Å². The van der Waals surface area contributed by atoms with Gasteiger partial charge in [-0.05, 0) is 61.0 Å². The Morgan fingerprint density at radius 2 is 1.76 bits per heavy atom. The van der Waals surface area contributed by atoms with Gasteiger partial charge >= 0.3 is 6.18 Å². The summed E-state index contributed by atoms with van der Waals surface area (Å²) in [6, 6.07) is 16.8. The van der Waals surface area contributed by atoms with Crippen molar-refractivity contribution < 1.29 is 43.8 Å². The molecule has 0 saturated carbocycles. The molecule has 6 nitrogen and oxygen atoms in total. The molecule has 3 aromatic rings. The first kappa shape index (κ1) is 17.9. The van der Waals surface area contributed by atoms with Crippen LogP contribution in [0.3, 0.4) is 0 Å². The number of hydrogen-bond donors (Lipinski definition) is 1. The SMILES string of the molecule is [2H]C([2H])(N[C@H](C)Cc1cc(C#N)c2c(c1)CCN2C([2H])([2H])C([2H])([2H])C([2H])([2H])OCc1ccccc1)C([2H])([2H])Oc1ccccc1OC([2H])([2H])C(F)(F)F. The third kappa shape index (κ3) is 9.41. The Labute approximate surface area is 256 Å². The van der Waals surface area contributed by atoms with E-state index in [-0.39, 0.29) is 37.2 Å². The van der Waals surface area contributed by atoms with E-state index in [1.165, 1.54) is 25.1 Å². The lowest BCUT2D eigenvalue weighted by Gasteiger charge is -2.21. The first-order valence-electron chi connectivity index (χ1n) is 18.6. The van der Waals surface area contributed by atoms with Crippen molar-refractivity contribution in [3.63, 3.8) is 0 Å². The average molecular weight is 580 g/mol. The zero-order chi connectivity index (χ0) is 39.8. The molecule has 1 N–H and O–H groups in total. The number of nitriles is 1. The fourth-order valence-electron chi connectivity index (χ4n) is 4.12. The second-order valence-corrected chi connectivity index (χ2v) is 9.00. The number of anilines is 1. The summed E-state index contributed by atoms with van der Waals surface area (Å²) in [5.74, 6) is -1.53. The lowest BCUT2D eigenvalue weighted by atomic mass is 9.99. The van der Waals surface area contributed by atoms with E-state index in [0.717, 1.165) is 17.0 Å². The lowest BCUT2D eigenvalue weighted by Crippen LogP contribution is -2.32. The van der Waals surface area contributed by atoms with Gasteiger partial charge in [0.15, 0.2) is 18.1 Å². The van der Waals surface area contributed by atoms with Gasteiger partial charge in [0.05, 0.1) is 26.1 Å². The van der Waals surface area contributed by atoms with Crippen molar-refractivity contribution in [2.24, 2.45) is 0 Å². The standard InChI is InChI=1S/C32H36F3N3O3/c1-24(37-13-17-40-29-10-5-6-11-30(29)41-23-32(33,34)35)18-26-19-27-12-15-38(31(27)28(20-26)21-36)14-7-16-39-22-25-8-3-2-4-9-25/h2-6,8-11,19-20,24,37H,7,12-18,22-23H2,1H3/t24-/m1/s1/i7D2,13D2,14D2,16D2,17D2,23D2. The molecule has 0 amide bonds. The third-order valence-electron chi connectivity index (χ3n) is 5.84. The predicted octanol–water partition coefficient (Wildman–Crippen LogP) is 6.07. The molecule has 1 heterocycles. The molecule has 1 aliphatic heterocycles. The van der Waals surface area contributed by atoms with Crippen LogP contribution in [-0.4, -0.2) is 51.4 Å². The minimum absolute atomic E-state index is 0.0212. The molecule has 1 aliphatic rings. The topological polar surface area (TPSA) is 66.8 Å². The van der Waals surface area contributed by atoms with Crippen molar-refractivity contribution in [3.05, 3.63) is 89.0 Å². The zero-order valence-corrected chi connectivity index (χ0v) is 22.0. The molecule has 41 heavy (non-hydrogen) atoms. The van der Waals surface area contributed by atoms with Crippen LogP contribution in [0.15, 0.2) is 66.7 Å². The summed E-state index contributed by atoms with van der Waals surface area (Å²) in [6.45, 7) is -15.5. The Kier molecular flexibility index (Phi) is 6.46. The molecule has 1 atom stereocenters. The monoisotopic (exact) mass is 579 g/mol. The maximum absolute atomic E-state index is 13.1. The quantitative estimate of drug-likeness (QED) is 0.236. The lowest BCUT2D eigenvalue weighted by molar-refractivity contribution is -0.153. The highest BCUT2D eigenvalue weighted by Crippen LogP contribution is 2.33. The molecule has 3 aromatic carbocycles. The van der Waals surface area contributed by atoms with Gasteiger partial charge in [-0.2, -0.15) is 18.4 Å². The number of benzene rings is 3. The molecule has 0 aromatic heterocycles. The van der Waals surface area contributed by atoms with Crippen LogP contribution in [0.4, 0.5) is 18.9 Å². The summed E-state index contributed by atoms with van der Waals surface area (Å²) in [5.41, 5.74) is 1.42. The second-order valence-electron chi connectivity index (χ2n) is 9.00. The summed E-state index contributed by atoms with van der Waals surface area (Å²) in [6.07, 6.45) is -8.57.